The number of amidine groups is 1. The summed E-state index contributed by atoms with van der Waals surface area (Å²) in [4.78, 5) is 34.4. The SMILES string of the molecule is COC(=O)C1=C(C23C4C5C2C2C3C4C52C(=O)O)NC(c2nccs2)=N[C@@H]1c1cccc(F)c1Cl. The molecule has 7 aliphatic rings. The van der Waals surface area contributed by atoms with Crippen molar-refractivity contribution in [2.24, 2.45) is 51.3 Å². The number of hydrogen-bond acceptors (Lipinski definition) is 7. The fourth-order valence-electron chi connectivity index (χ4n) is 9.07. The number of carbonyl (C=O) groups excluding carboxylic acids is 1. The molecule has 2 aromatic rings. The van der Waals surface area contributed by atoms with Gasteiger partial charge in [-0.3, -0.25) is 9.79 Å². The molecule has 1 atom stereocenters. The van der Waals surface area contributed by atoms with Crippen LogP contribution in [0.15, 0.2) is 46.0 Å². The Labute approximate surface area is 201 Å². The van der Waals surface area contributed by atoms with E-state index in [1.165, 1.54) is 24.5 Å². The van der Waals surface area contributed by atoms with Crippen LogP contribution in [0, 0.1) is 52.2 Å². The van der Waals surface area contributed by atoms with E-state index in [2.05, 4.69) is 10.3 Å². The van der Waals surface area contributed by atoms with E-state index >= 15 is 0 Å². The van der Waals surface area contributed by atoms with Crippen molar-refractivity contribution in [3.63, 3.8) is 0 Å². The van der Waals surface area contributed by atoms with Gasteiger partial charge in [-0.25, -0.2) is 14.2 Å². The molecule has 172 valence electrons. The molecule has 0 radical (unpaired) electrons. The topological polar surface area (TPSA) is 101 Å². The molecule has 9 rings (SSSR count). The zero-order valence-electron chi connectivity index (χ0n) is 17.7. The van der Waals surface area contributed by atoms with Crippen LogP contribution < -0.4 is 5.32 Å². The Morgan fingerprint density at radius 1 is 1.21 bits per heavy atom. The molecule has 0 bridgehead atoms. The van der Waals surface area contributed by atoms with Gasteiger partial charge in [0.2, 0.25) is 0 Å². The maximum absolute atomic E-state index is 14.4. The number of ether oxygens (including phenoxy) is 1. The number of aliphatic carboxylic acids is 1. The Morgan fingerprint density at radius 3 is 2.50 bits per heavy atom. The minimum atomic E-state index is -0.861. The lowest BCUT2D eigenvalue weighted by atomic mass is 8.92. The molecular weight excluding hydrogens is 481 g/mol. The summed E-state index contributed by atoms with van der Waals surface area (Å²) in [6.45, 7) is 0. The van der Waals surface area contributed by atoms with Gasteiger partial charge in [0.25, 0.3) is 0 Å². The van der Waals surface area contributed by atoms with Gasteiger partial charge in [-0.15, -0.1) is 11.3 Å². The van der Waals surface area contributed by atoms with Crippen molar-refractivity contribution in [1.29, 1.82) is 0 Å². The second kappa shape index (κ2) is 5.71. The first-order valence-corrected chi connectivity index (χ1v) is 12.4. The zero-order valence-corrected chi connectivity index (χ0v) is 19.2. The van der Waals surface area contributed by atoms with Gasteiger partial charge >= 0.3 is 11.9 Å². The van der Waals surface area contributed by atoms with E-state index in [-0.39, 0.29) is 45.9 Å². The molecular formula is C24H17ClFN3O4S. The quantitative estimate of drug-likeness (QED) is 0.615. The second-order valence-electron chi connectivity index (χ2n) is 10.1. The smallest absolute Gasteiger partial charge is 0.338 e. The van der Waals surface area contributed by atoms with Gasteiger partial charge in [0.1, 0.15) is 11.9 Å². The van der Waals surface area contributed by atoms with Gasteiger partial charge < -0.3 is 15.2 Å². The monoisotopic (exact) mass is 497 g/mol. The van der Waals surface area contributed by atoms with E-state index in [1.807, 2.05) is 5.38 Å². The van der Waals surface area contributed by atoms with Crippen LogP contribution in [-0.4, -0.2) is 35.0 Å². The summed E-state index contributed by atoms with van der Waals surface area (Å²) in [6, 6.07) is 3.63. The standard InChI is InChI=1S/C24H17ClFN3O4S/c1-33-21(30)9-17(7-3-2-4-8(26)16(7)25)28-19(20-27-5-6-34-20)29-18(9)23-10-13-11(23)15-12(23)14(10)24(13,15)22(31)32/h2-6,10-15,17H,1H3,(H,28,29)(H,31,32)/t10?,11?,12?,13?,14?,15?,17-,23?,24?/m1/s1. The summed E-state index contributed by atoms with van der Waals surface area (Å²) < 4.78 is 19.6. The molecule has 6 fully saturated rings. The van der Waals surface area contributed by atoms with Crippen LogP contribution in [0.4, 0.5) is 4.39 Å². The fourth-order valence-corrected chi connectivity index (χ4v) is 9.89. The summed E-state index contributed by atoms with van der Waals surface area (Å²) in [5.74, 6) is -0.0436. The lowest BCUT2D eigenvalue weighted by Crippen LogP contribution is -3.11. The molecule has 6 saturated carbocycles. The number of aromatic nitrogens is 1. The molecule has 0 amide bonds. The highest BCUT2D eigenvalue weighted by atomic mass is 35.5. The van der Waals surface area contributed by atoms with Crippen molar-refractivity contribution in [3.05, 3.63) is 62.5 Å². The second-order valence-corrected chi connectivity index (χ2v) is 11.4. The first-order chi connectivity index (χ1) is 16.4. The normalized spacial score (nSPS) is 43.1. The predicted molar refractivity (Wildman–Crippen MR) is 118 cm³/mol. The Morgan fingerprint density at radius 2 is 1.91 bits per heavy atom. The fraction of sp³-hybridized carbons (Fsp3) is 0.417. The van der Waals surface area contributed by atoms with Gasteiger partial charge in [0.05, 0.1) is 23.1 Å². The average molecular weight is 498 g/mol. The molecule has 2 N–H and O–H groups in total. The van der Waals surface area contributed by atoms with Crippen molar-refractivity contribution in [2.45, 2.75) is 6.04 Å². The number of rotatable bonds is 5. The van der Waals surface area contributed by atoms with Crippen LogP contribution in [0.3, 0.4) is 0 Å². The number of carbonyl (C=O) groups is 2. The van der Waals surface area contributed by atoms with Crippen LogP contribution in [0.25, 0.3) is 0 Å². The van der Waals surface area contributed by atoms with Crippen molar-refractivity contribution in [3.8, 4) is 0 Å². The molecule has 1 aromatic heterocycles. The van der Waals surface area contributed by atoms with Gasteiger partial charge in [-0.05, 0) is 41.6 Å². The van der Waals surface area contributed by atoms with E-state index in [9.17, 15) is 19.1 Å². The highest BCUT2D eigenvalue weighted by Crippen LogP contribution is 3.11. The minimum Gasteiger partial charge on any atom is -0.481 e. The highest BCUT2D eigenvalue weighted by Gasteiger charge is 3.12. The van der Waals surface area contributed by atoms with Gasteiger partial charge in [-0.2, -0.15) is 0 Å². The number of carboxylic acid groups (broad SMARTS) is 1. The number of aliphatic imine (C=N–C) groups is 1. The van der Waals surface area contributed by atoms with Crippen LogP contribution in [0.5, 0.6) is 0 Å². The number of nitrogens with one attached hydrogen (secondary N) is 1. The summed E-state index contributed by atoms with van der Waals surface area (Å²) in [7, 11) is 1.32. The van der Waals surface area contributed by atoms with Crippen LogP contribution in [-0.2, 0) is 14.3 Å². The van der Waals surface area contributed by atoms with Crippen molar-refractivity contribution >= 4 is 40.7 Å². The van der Waals surface area contributed by atoms with Crippen molar-refractivity contribution < 1.29 is 23.8 Å². The van der Waals surface area contributed by atoms with Crippen LogP contribution >= 0.6 is 22.9 Å². The summed E-state index contributed by atoms with van der Waals surface area (Å²) in [6.07, 6.45) is 1.67. The van der Waals surface area contributed by atoms with Gasteiger partial charge in [-0.1, -0.05) is 23.7 Å². The molecule has 0 unspecified atom stereocenters. The number of benzene rings is 1. The Kier molecular flexibility index (Phi) is 3.28. The van der Waals surface area contributed by atoms with Gasteiger partial charge in [0, 0.05) is 28.3 Å². The lowest BCUT2D eigenvalue weighted by Gasteiger charge is -3.10. The molecule has 7 nitrogen and oxygen atoms in total. The lowest BCUT2D eigenvalue weighted by molar-refractivity contribution is -0.633. The molecule has 10 heteroatoms. The predicted octanol–water partition coefficient (Wildman–Crippen LogP) is 3.28. The Bertz CT molecular complexity index is 1370. The van der Waals surface area contributed by atoms with E-state index in [0.29, 0.717) is 22.0 Å². The number of carboxylic acids is 1. The maximum atomic E-state index is 14.4. The van der Waals surface area contributed by atoms with E-state index < -0.39 is 29.2 Å². The van der Waals surface area contributed by atoms with Crippen LogP contribution in [0.2, 0.25) is 5.02 Å². The first-order valence-electron chi connectivity index (χ1n) is 11.2. The number of allylic oxidation sites excluding steroid dienone is 1. The molecule has 0 saturated heterocycles. The minimum absolute atomic E-state index is 0.0865. The molecule has 2 heterocycles. The van der Waals surface area contributed by atoms with E-state index in [4.69, 9.17) is 21.3 Å². The Balaban J connectivity index is 1.31. The highest BCUT2D eigenvalue weighted by molar-refractivity contribution is 7.11. The third-order valence-electron chi connectivity index (χ3n) is 9.79. The molecule has 1 aromatic carbocycles. The largest absolute Gasteiger partial charge is 0.481 e. The number of methoxy groups -OCH3 is 1. The third-order valence-corrected chi connectivity index (χ3v) is 11.0. The van der Waals surface area contributed by atoms with E-state index in [1.54, 1.807) is 18.3 Å². The third kappa shape index (κ3) is 1.61. The van der Waals surface area contributed by atoms with Crippen molar-refractivity contribution in [2.75, 3.05) is 7.11 Å². The van der Waals surface area contributed by atoms with Gasteiger partial charge in [0.15, 0.2) is 10.8 Å². The summed E-state index contributed by atoms with van der Waals surface area (Å²) in [5, 5.41) is 15.7. The van der Waals surface area contributed by atoms with Crippen LogP contribution in [0.1, 0.15) is 16.6 Å². The Hall–Kier alpha value is -2.78. The number of esters is 1. The summed E-state index contributed by atoms with van der Waals surface area (Å²) in [5.41, 5.74) is 0.661. The van der Waals surface area contributed by atoms with E-state index in [0.717, 1.165) is 5.70 Å². The number of thiazole rings is 1. The zero-order chi connectivity index (χ0) is 23.3. The number of nitrogens with zero attached hydrogens (tertiary/aromatic N) is 2. The maximum Gasteiger partial charge on any atom is 0.338 e. The summed E-state index contributed by atoms with van der Waals surface area (Å²) >= 11 is 7.78. The number of halogens is 2. The molecule has 1 aliphatic heterocycles. The number of hydrogen-bond donors (Lipinski definition) is 2. The molecule has 0 spiro atoms. The van der Waals surface area contributed by atoms with Crippen molar-refractivity contribution in [1.82, 2.24) is 10.3 Å². The average Bonchev–Trinajstić information content (AvgIpc) is 3.39. The molecule has 6 aliphatic carbocycles. The molecule has 34 heavy (non-hydrogen) atoms. The first kappa shape index (κ1) is 19.5.